The SMILES string of the molecule is CCc1ccccc1NC(=O)CC(=O)N1CCC(Cc2ccccc2)CC1. The van der Waals surface area contributed by atoms with Crippen molar-refractivity contribution in [3.63, 3.8) is 0 Å². The van der Waals surface area contributed by atoms with Crippen LogP contribution in [0.1, 0.15) is 37.3 Å². The first-order chi connectivity index (χ1) is 13.2. The topological polar surface area (TPSA) is 49.4 Å². The first-order valence-electron chi connectivity index (χ1n) is 9.85. The minimum Gasteiger partial charge on any atom is -0.342 e. The van der Waals surface area contributed by atoms with Crippen molar-refractivity contribution in [1.82, 2.24) is 4.90 Å². The van der Waals surface area contributed by atoms with E-state index in [1.165, 1.54) is 5.56 Å². The molecule has 1 heterocycles. The van der Waals surface area contributed by atoms with Crippen molar-refractivity contribution >= 4 is 17.5 Å². The number of likely N-dealkylation sites (tertiary alicyclic amines) is 1. The predicted octanol–water partition coefficient (Wildman–Crippen LogP) is 4.06. The summed E-state index contributed by atoms with van der Waals surface area (Å²) < 4.78 is 0. The van der Waals surface area contributed by atoms with E-state index in [9.17, 15) is 9.59 Å². The number of aryl methyl sites for hydroxylation is 1. The summed E-state index contributed by atoms with van der Waals surface area (Å²) in [6.07, 6.45) is 3.83. The van der Waals surface area contributed by atoms with Crippen molar-refractivity contribution in [1.29, 1.82) is 0 Å². The molecule has 0 aliphatic carbocycles. The Hall–Kier alpha value is -2.62. The van der Waals surface area contributed by atoms with Gasteiger partial charge in [-0.3, -0.25) is 9.59 Å². The normalized spacial score (nSPS) is 14.8. The Balaban J connectivity index is 1.46. The lowest BCUT2D eigenvalue weighted by Gasteiger charge is -2.32. The van der Waals surface area contributed by atoms with Crippen molar-refractivity contribution in [2.24, 2.45) is 5.92 Å². The lowest BCUT2D eigenvalue weighted by atomic mass is 9.90. The molecular formula is C23H28N2O2. The maximum atomic E-state index is 12.5. The van der Waals surface area contributed by atoms with Crippen LogP contribution in [0.5, 0.6) is 0 Å². The monoisotopic (exact) mass is 364 g/mol. The summed E-state index contributed by atoms with van der Waals surface area (Å²) in [4.78, 5) is 26.6. The Morgan fingerprint density at radius 1 is 1.00 bits per heavy atom. The Morgan fingerprint density at radius 2 is 1.67 bits per heavy atom. The van der Waals surface area contributed by atoms with E-state index in [2.05, 4.69) is 36.5 Å². The van der Waals surface area contributed by atoms with E-state index in [1.807, 2.05) is 35.2 Å². The lowest BCUT2D eigenvalue weighted by molar-refractivity contribution is -0.135. The van der Waals surface area contributed by atoms with Gasteiger partial charge in [-0.1, -0.05) is 55.5 Å². The second kappa shape index (κ2) is 9.36. The lowest BCUT2D eigenvalue weighted by Crippen LogP contribution is -2.40. The van der Waals surface area contributed by atoms with E-state index >= 15 is 0 Å². The number of anilines is 1. The molecule has 4 nitrogen and oxygen atoms in total. The Kier molecular flexibility index (Phi) is 6.64. The van der Waals surface area contributed by atoms with Gasteiger partial charge in [0.05, 0.1) is 0 Å². The Morgan fingerprint density at radius 3 is 2.37 bits per heavy atom. The number of carbonyl (C=O) groups excluding carboxylic acids is 2. The van der Waals surface area contributed by atoms with Crippen molar-refractivity contribution in [2.45, 2.75) is 39.0 Å². The van der Waals surface area contributed by atoms with Crippen LogP contribution >= 0.6 is 0 Å². The Labute approximate surface area is 161 Å². The van der Waals surface area contributed by atoms with Crippen LogP contribution in [0.25, 0.3) is 0 Å². The zero-order chi connectivity index (χ0) is 19.1. The number of nitrogens with one attached hydrogen (secondary N) is 1. The van der Waals surface area contributed by atoms with E-state index in [4.69, 9.17) is 0 Å². The van der Waals surface area contributed by atoms with Crippen LogP contribution in [0.15, 0.2) is 54.6 Å². The molecule has 1 fully saturated rings. The van der Waals surface area contributed by atoms with Gasteiger partial charge >= 0.3 is 0 Å². The van der Waals surface area contributed by atoms with Crippen LogP contribution < -0.4 is 5.32 Å². The molecule has 1 N–H and O–H groups in total. The largest absolute Gasteiger partial charge is 0.342 e. The van der Waals surface area contributed by atoms with E-state index < -0.39 is 0 Å². The van der Waals surface area contributed by atoms with Gasteiger partial charge in [0.1, 0.15) is 6.42 Å². The zero-order valence-corrected chi connectivity index (χ0v) is 16.0. The smallest absolute Gasteiger partial charge is 0.233 e. The maximum absolute atomic E-state index is 12.5. The molecule has 3 rings (SSSR count). The molecule has 2 amide bonds. The van der Waals surface area contributed by atoms with Gasteiger partial charge in [0.2, 0.25) is 11.8 Å². The molecule has 0 atom stereocenters. The zero-order valence-electron chi connectivity index (χ0n) is 16.0. The number of amides is 2. The van der Waals surface area contributed by atoms with Gasteiger partial charge in [0.25, 0.3) is 0 Å². The quantitative estimate of drug-likeness (QED) is 0.786. The first-order valence-corrected chi connectivity index (χ1v) is 9.85. The molecule has 4 heteroatoms. The number of hydrogen-bond donors (Lipinski definition) is 1. The molecule has 0 bridgehead atoms. The molecule has 27 heavy (non-hydrogen) atoms. The average molecular weight is 364 g/mol. The number of nitrogens with zero attached hydrogens (tertiary/aromatic N) is 1. The highest BCUT2D eigenvalue weighted by Crippen LogP contribution is 2.22. The highest BCUT2D eigenvalue weighted by molar-refractivity contribution is 6.03. The summed E-state index contributed by atoms with van der Waals surface area (Å²) in [5.41, 5.74) is 3.25. The van der Waals surface area contributed by atoms with Crippen LogP contribution in [0.3, 0.4) is 0 Å². The number of para-hydroxylation sites is 1. The molecule has 1 aliphatic heterocycles. The van der Waals surface area contributed by atoms with Crippen LogP contribution in [-0.4, -0.2) is 29.8 Å². The third-order valence-electron chi connectivity index (χ3n) is 5.32. The third-order valence-corrected chi connectivity index (χ3v) is 5.32. The second-order valence-corrected chi connectivity index (χ2v) is 7.25. The first kappa shape index (κ1) is 19.2. The van der Waals surface area contributed by atoms with Crippen LogP contribution in [0.4, 0.5) is 5.69 Å². The van der Waals surface area contributed by atoms with Gasteiger partial charge in [-0.2, -0.15) is 0 Å². The fourth-order valence-electron chi connectivity index (χ4n) is 3.73. The third kappa shape index (κ3) is 5.43. The summed E-state index contributed by atoms with van der Waals surface area (Å²) >= 11 is 0. The molecule has 2 aromatic carbocycles. The van der Waals surface area contributed by atoms with Gasteiger partial charge in [-0.15, -0.1) is 0 Å². The summed E-state index contributed by atoms with van der Waals surface area (Å²) in [5.74, 6) is 0.314. The molecule has 1 aliphatic rings. The van der Waals surface area contributed by atoms with Gasteiger partial charge in [-0.25, -0.2) is 0 Å². The van der Waals surface area contributed by atoms with Crippen molar-refractivity contribution in [3.8, 4) is 0 Å². The predicted molar refractivity (Wildman–Crippen MR) is 109 cm³/mol. The number of hydrogen-bond acceptors (Lipinski definition) is 2. The molecule has 142 valence electrons. The molecule has 0 unspecified atom stereocenters. The fourth-order valence-corrected chi connectivity index (χ4v) is 3.73. The van der Waals surface area contributed by atoms with Crippen LogP contribution in [0.2, 0.25) is 0 Å². The van der Waals surface area contributed by atoms with Gasteiger partial charge < -0.3 is 10.2 Å². The summed E-state index contributed by atoms with van der Waals surface area (Å²) in [6.45, 7) is 3.54. The highest BCUT2D eigenvalue weighted by Gasteiger charge is 2.24. The molecule has 0 spiro atoms. The van der Waals surface area contributed by atoms with Crippen molar-refractivity contribution in [3.05, 3.63) is 65.7 Å². The van der Waals surface area contributed by atoms with E-state index in [0.717, 1.165) is 50.0 Å². The second-order valence-electron chi connectivity index (χ2n) is 7.25. The van der Waals surface area contributed by atoms with Gasteiger partial charge in [-0.05, 0) is 48.8 Å². The summed E-state index contributed by atoms with van der Waals surface area (Å²) in [7, 11) is 0. The molecule has 1 saturated heterocycles. The number of piperidine rings is 1. The highest BCUT2D eigenvalue weighted by atomic mass is 16.2. The maximum Gasteiger partial charge on any atom is 0.233 e. The van der Waals surface area contributed by atoms with Gasteiger partial charge in [0.15, 0.2) is 0 Å². The molecular weight excluding hydrogens is 336 g/mol. The summed E-state index contributed by atoms with van der Waals surface area (Å²) in [5, 5.41) is 2.89. The minimum atomic E-state index is -0.229. The van der Waals surface area contributed by atoms with Crippen molar-refractivity contribution in [2.75, 3.05) is 18.4 Å². The van der Waals surface area contributed by atoms with Crippen LogP contribution in [-0.2, 0) is 22.4 Å². The standard InChI is InChI=1S/C23H28N2O2/c1-2-20-10-6-7-11-21(20)24-22(26)17-23(27)25-14-12-19(13-15-25)16-18-8-4-3-5-9-18/h3-11,19H,2,12-17H2,1H3,(H,24,26). The number of rotatable bonds is 6. The minimum absolute atomic E-state index is 0.0698. The van der Waals surface area contributed by atoms with E-state index in [0.29, 0.717) is 5.92 Å². The Bertz CT molecular complexity index is 765. The van der Waals surface area contributed by atoms with Gasteiger partial charge in [0, 0.05) is 18.8 Å². The average Bonchev–Trinajstić information content (AvgIpc) is 2.69. The van der Waals surface area contributed by atoms with E-state index in [1.54, 1.807) is 0 Å². The molecule has 0 radical (unpaired) electrons. The van der Waals surface area contributed by atoms with E-state index in [-0.39, 0.29) is 18.2 Å². The van der Waals surface area contributed by atoms with Crippen LogP contribution in [0, 0.1) is 5.92 Å². The molecule has 2 aromatic rings. The number of carbonyl (C=O) groups is 2. The molecule has 0 aromatic heterocycles. The fraction of sp³-hybridized carbons (Fsp3) is 0.391. The summed E-state index contributed by atoms with van der Waals surface area (Å²) in [6, 6.07) is 18.2. The van der Waals surface area contributed by atoms with Crippen molar-refractivity contribution < 1.29 is 9.59 Å². The molecule has 0 saturated carbocycles. The number of benzene rings is 2.